The summed E-state index contributed by atoms with van der Waals surface area (Å²) in [5, 5.41) is 6.00. The van der Waals surface area contributed by atoms with Crippen LogP contribution in [0.2, 0.25) is 0 Å². The van der Waals surface area contributed by atoms with Crippen molar-refractivity contribution in [3.8, 4) is 0 Å². The SMILES string of the molecule is O=C1NC(=O)[C@H](CCC(=O)N2CCC3(CC2)OCCc2c3[nH]c3ccccc23)N1. The Morgan fingerprint density at radius 1 is 1.21 bits per heavy atom. The Morgan fingerprint density at radius 2 is 2.00 bits per heavy atom. The molecule has 2 fully saturated rings. The van der Waals surface area contributed by atoms with Crippen LogP contribution in [-0.4, -0.2) is 53.5 Å². The van der Waals surface area contributed by atoms with Crippen LogP contribution in [0, 0.1) is 0 Å². The molecule has 4 heterocycles. The second-order valence-electron chi connectivity index (χ2n) is 8.05. The molecule has 29 heavy (non-hydrogen) atoms. The van der Waals surface area contributed by atoms with E-state index in [0.717, 1.165) is 24.8 Å². The van der Waals surface area contributed by atoms with Crippen LogP contribution in [0.3, 0.4) is 0 Å². The Kier molecular flexibility index (Phi) is 4.31. The lowest BCUT2D eigenvalue weighted by Crippen LogP contribution is -2.48. The lowest BCUT2D eigenvalue weighted by atomic mass is 9.83. The third kappa shape index (κ3) is 3.07. The third-order valence-electron chi connectivity index (χ3n) is 6.43. The summed E-state index contributed by atoms with van der Waals surface area (Å²) in [6.07, 6.45) is 2.96. The lowest BCUT2D eigenvalue weighted by molar-refractivity contribution is -0.141. The second kappa shape index (κ2) is 6.88. The molecule has 1 atom stereocenters. The van der Waals surface area contributed by atoms with Crippen LogP contribution in [0.4, 0.5) is 4.79 Å². The van der Waals surface area contributed by atoms with Gasteiger partial charge in [-0.3, -0.25) is 14.9 Å². The summed E-state index contributed by atoms with van der Waals surface area (Å²) in [5.41, 5.74) is 3.29. The highest BCUT2D eigenvalue weighted by molar-refractivity contribution is 6.04. The van der Waals surface area contributed by atoms with E-state index in [2.05, 4.69) is 33.8 Å². The van der Waals surface area contributed by atoms with Gasteiger partial charge in [-0.15, -0.1) is 0 Å². The molecule has 0 radical (unpaired) electrons. The molecule has 1 aromatic heterocycles. The number of urea groups is 1. The van der Waals surface area contributed by atoms with E-state index < -0.39 is 12.1 Å². The summed E-state index contributed by atoms with van der Waals surface area (Å²) >= 11 is 0. The van der Waals surface area contributed by atoms with Gasteiger partial charge in [0.1, 0.15) is 11.6 Å². The normalized spacial score (nSPS) is 23.2. The predicted octanol–water partition coefficient (Wildman–Crippen LogP) is 1.55. The average molecular weight is 396 g/mol. The Hall–Kier alpha value is -2.87. The van der Waals surface area contributed by atoms with E-state index >= 15 is 0 Å². The van der Waals surface area contributed by atoms with E-state index in [1.165, 1.54) is 16.6 Å². The molecule has 2 saturated heterocycles. The smallest absolute Gasteiger partial charge is 0.322 e. The Morgan fingerprint density at radius 3 is 2.76 bits per heavy atom. The molecule has 152 valence electrons. The Bertz CT molecular complexity index is 990. The number of aromatic amines is 1. The van der Waals surface area contributed by atoms with Gasteiger partial charge in [0.15, 0.2) is 0 Å². The number of rotatable bonds is 3. The van der Waals surface area contributed by atoms with E-state index in [1.54, 1.807) is 0 Å². The number of ether oxygens (including phenoxy) is 1. The second-order valence-corrected chi connectivity index (χ2v) is 8.05. The molecule has 3 N–H and O–H groups in total. The van der Waals surface area contributed by atoms with Gasteiger partial charge in [0.25, 0.3) is 5.91 Å². The number of hydrogen-bond donors (Lipinski definition) is 3. The van der Waals surface area contributed by atoms with Crippen molar-refractivity contribution in [1.29, 1.82) is 0 Å². The molecule has 0 unspecified atom stereocenters. The fourth-order valence-corrected chi connectivity index (χ4v) is 4.87. The number of hydrogen-bond acceptors (Lipinski definition) is 4. The number of imide groups is 1. The van der Waals surface area contributed by atoms with Crippen LogP contribution in [0.15, 0.2) is 24.3 Å². The number of piperidine rings is 1. The van der Waals surface area contributed by atoms with Crippen molar-refractivity contribution < 1.29 is 19.1 Å². The maximum Gasteiger partial charge on any atom is 0.322 e. The first-order valence-corrected chi connectivity index (χ1v) is 10.2. The number of carbonyl (C=O) groups is 3. The van der Waals surface area contributed by atoms with Gasteiger partial charge in [0, 0.05) is 30.4 Å². The van der Waals surface area contributed by atoms with Crippen molar-refractivity contribution in [3.05, 3.63) is 35.5 Å². The topological polar surface area (TPSA) is 104 Å². The molecular weight excluding hydrogens is 372 g/mol. The standard InChI is InChI=1S/C21H24N4O4/c26-17(6-5-16-19(27)24-20(28)23-16)25-10-8-21(9-11-25)18-14(7-12-29-21)13-3-1-2-4-15(13)22-18/h1-4,16,22H,5-12H2,(H2,23,24,27,28)/t16-/m0/s1. The first-order chi connectivity index (χ1) is 14.1. The summed E-state index contributed by atoms with van der Waals surface area (Å²) in [6.45, 7) is 1.94. The zero-order chi connectivity index (χ0) is 20.0. The summed E-state index contributed by atoms with van der Waals surface area (Å²) in [6, 6.07) is 7.24. The number of aromatic nitrogens is 1. The summed E-state index contributed by atoms with van der Waals surface area (Å²) < 4.78 is 6.29. The largest absolute Gasteiger partial charge is 0.368 e. The fourth-order valence-electron chi connectivity index (χ4n) is 4.87. The average Bonchev–Trinajstić information content (AvgIpc) is 3.27. The molecule has 8 heteroatoms. The molecule has 4 amide bonds. The molecule has 0 aliphatic carbocycles. The minimum absolute atomic E-state index is 0.0153. The number of fused-ring (bicyclic) bond motifs is 4. The monoisotopic (exact) mass is 396 g/mol. The predicted molar refractivity (Wildman–Crippen MR) is 105 cm³/mol. The minimum Gasteiger partial charge on any atom is -0.368 e. The van der Waals surface area contributed by atoms with Crippen LogP contribution in [0.1, 0.15) is 36.9 Å². The highest BCUT2D eigenvalue weighted by atomic mass is 16.5. The fraction of sp³-hybridized carbons (Fsp3) is 0.476. The van der Waals surface area contributed by atoms with Gasteiger partial charge in [-0.1, -0.05) is 18.2 Å². The molecule has 1 spiro atoms. The minimum atomic E-state index is -0.613. The summed E-state index contributed by atoms with van der Waals surface area (Å²) in [4.78, 5) is 40.9. The van der Waals surface area contributed by atoms with E-state index in [4.69, 9.17) is 4.74 Å². The first kappa shape index (κ1) is 18.2. The summed E-state index contributed by atoms with van der Waals surface area (Å²) in [7, 11) is 0. The van der Waals surface area contributed by atoms with Crippen molar-refractivity contribution in [2.75, 3.05) is 19.7 Å². The van der Waals surface area contributed by atoms with E-state index in [0.29, 0.717) is 26.1 Å². The molecule has 0 bridgehead atoms. The number of carbonyl (C=O) groups excluding carboxylic acids is 3. The number of nitrogens with zero attached hydrogens (tertiary/aromatic N) is 1. The van der Waals surface area contributed by atoms with Crippen molar-refractivity contribution in [2.24, 2.45) is 0 Å². The number of amides is 4. The van der Waals surface area contributed by atoms with Gasteiger partial charge in [0.05, 0.1) is 12.3 Å². The molecule has 2 aromatic rings. The first-order valence-electron chi connectivity index (χ1n) is 10.2. The lowest BCUT2D eigenvalue weighted by Gasteiger charge is -2.43. The molecule has 5 rings (SSSR count). The highest BCUT2D eigenvalue weighted by Gasteiger charge is 2.43. The molecule has 3 aliphatic rings. The third-order valence-corrected chi connectivity index (χ3v) is 6.43. The molecule has 1 aromatic carbocycles. The highest BCUT2D eigenvalue weighted by Crippen LogP contribution is 2.43. The zero-order valence-electron chi connectivity index (χ0n) is 16.1. The van der Waals surface area contributed by atoms with Crippen molar-refractivity contribution >= 4 is 28.7 Å². The van der Waals surface area contributed by atoms with Crippen LogP contribution < -0.4 is 10.6 Å². The van der Waals surface area contributed by atoms with E-state index in [9.17, 15) is 14.4 Å². The maximum atomic E-state index is 12.6. The maximum absolute atomic E-state index is 12.6. The van der Waals surface area contributed by atoms with Crippen molar-refractivity contribution in [3.63, 3.8) is 0 Å². The van der Waals surface area contributed by atoms with Gasteiger partial charge in [-0.2, -0.15) is 0 Å². The Labute approximate surface area is 168 Å². The van der Waals surface area contributed by atoms with Gasteiger partial charge in [0.2, 0.25) is 5.91 Å². The molecule has 0 saturated carbocycles. The quantitative estimate of drug-likeness (QED) is 0.685. The molecular formula is C21H24N4O4. The van der Waals surface area contributed by atoms with Gasteiger partial charge < -0.3 is 19.9 Å². The number of para-hydroxylation sites is 1. The van der Waals surface area contributed by atoms with E-state index in [-0.39, 0.29) is 23.8 Å². The summed E-state index contributed by atoms with van der Waals surface area (Å²) in [5.74, 6) is -0.344. The van der Waals surface area contributed by atoms with Crippen LogP contribution in [-0.2, 0) is 26.3 Å². The van der Waals surface area contributed by atoms with Crippen LogP contribution in [0.5, 0.6) is 0 Å². The Balaban J connectivity index is 1.26. The molecule has 3 aliphatic heterocycles. The van der Waals surface area contributed by atoms with Gasteiger partial charge in [-0.05, 0) is 37.3 Å². The number of nitrogens with one attached hydrogen (secondary N) is 3. The van der Waals surface area contributed by atoms with Gasteiger partial charge >= 0.3 is 6.03 Å². The van der Waals surface area contributed by atoms with Crippen LogP contribution >= 0.6 is 0 Å². The number of likely N-dealkylation sites (tertiary alicyclic amines) is 1. The van der Waals surface area contributed by atoms with E-state index in [1.807, 2.05) is 11.0 Å². The molecule has 8 nitrogen and oxygen atoms in total. The van der Waals surface area contributed by atoms with Gasteiger partial charge in [-0.25, -0.2) is 4.79 Å². The zero-order valence-corrected chi connectivity index (χ0v) is 16.1. The van der Waals surface area contributed by atoms with Crippen LogP contribution in [0.25, 0.3) is 10.9 Å². The van der Waals surface area contributed by atoms with Crippen molar-refractivity contribution in [2.45, 2.75) is 43.7 Å². The number of H-pyrrole nitrogens is 1. The van der Waals surface area contributed by atoms with Crippen molar-refractivity contribution in [1.82, 2.24) is 20.5 Å². The number of benzene rings is 1.